The van der Waals surface area contributed by atoms with Crippen molar-refractivity contribution in [2.24, 2.45) is 0 Å². The monoisotopic (exact) mass is 375 g/mol. The quantitative estimate of drug-likeness (QED) is 0.880. The van der Waals surface area contributed by atoms with Crippen molar-refractivity contribution in [1.29, 1.82) is 0 Å². The second-order valence-corrected chi connectivity index (χ2v) is 6.79. The molecule has 2 aromatic rings. The van der Waals surface area contributed by atoms with Gasteiger partial charge in [-0.15, -0.1) is 0 Å². The Morgan fingerprint density at radius 1 is 1.20 bits per heavy atom. The van der Waals surface area contributed by atoms with Crippen molar-refractivity contribution in [2.75, 3.05) is 11.8 Å². The van der Waals surface area contributed by atoms with Gasteiger partial charge in [-0.1, -0.05) is 23.7 Å². The van der Waals surface area contributed by atoms with E-state index < -0.39 is 10.0 Å². The summed E-state index contributed by atoms with van der Waals surface area (Å²) < 4.78 is 32.6. The highest BCUT2D eigenvalue weighted by molar-refractivity contribution is 9.10. The third-order valence-electron chi connectivity index (χ3n) is 2.54. The highest BCUT2D eigenvalue weighted by Crippen LogP contribution is 2.30. The van der Waals surface area contributed by atoms with Gasteiger partial charge in [0.15, 0.2) is 0 Å². The summed E-state index contributed by atoms with van der Waals surface area (Å²) >= 11 is 9.21. The van der Waals surface area contributed by atoms with Crippen LogP contribution in [0.2, 0.25) is 5.02 Å². The van der Waals surface area contributed by atoms with Crippen molar-refractivity contribution >= 4 is 43.2 Å². The van der Waals surface area contributed by atoms with Gasteiger partial charge in [-0.2, -0.15) is 0 Å². The predicted octanol–water partition coefficient (Wildman–Crippen LogP) is 3.91. The molecule has 0 bridgehead atoms. The van der Waals surface area contributed by atoms with Gasteiger partial charge in [0.2, 0.25) is 0 Å². The molecule has 4 nitrogen and oxygen atoms in total. The molecule has 7 heteroatoms. The van der Waals surface area contributed by atoms with Crippen LogP contribution >= 0.6 is 27.5 Å². The number of benzene rings is 2. The average Bonchev–Trinajstić information content (AvgIpc) is 2.41. The van der Waals surface area contributed by atoms with E-state index in [0.29, 0.717) is 15.2 Å². The van der Waals surface area contributed by atoms with Gasteiger partial charge in [0.1, 0.15) is 10.6 Å². The minimum Gasteiger partial charge on any atom is -0.497 e. The number of ether oxygens (including phenoxy) is 1. The van der Waals surface area contributed by atoms with Gasteiger partial charge >= 0.3 is 0 Å². The Morgan fingerprint density at radius 3 is 2.55 bits per heavy atom. The second-order valence-electron chi connectivity index (χ2n) is 3.88. The first-order valence-electron chi connectivity index (χ1n) is 5.55. The first kappa shape index (κ1) is 15.2. The molecular formula is C13H11BrClNO3S. The molecule has 106 valence electrons. The van der Waals surface area contributed by atoms with E-state index in [1.54, 1.807) is 30.3 Å². The van der Waals surface area contributed by atoms with Crippen LogP contribution in [0.1, 0.15) is 0 Å². The number of methoxy groups -OCH3 is 1. The molecule has 1 N–H and O–H groups in total. The molecule has 0 atom stereocenters. The van der Waals surface area contributed by atoms with Crippen molar-refractivity contribution in [3.63, 3.8) is 0 Å². The first-order chi connectivity index (χ1) is 9.44. The van der Waals surface area contributed by atoms with Crippen LogP contribution in [-0.2, 0) is 10.0 Å². The Kier molecular flexibility index (Phi) is 4.57. The number of sulfonamides is 1. The lowest BCUT2D eigenvalue weighted by atomic mass is 10.3. The summed E-state index contributed by atoms with van der Waals surface area (Å²) in [7, 11) is -2.23. The van der Waals surface area contributed by atoms with Crippen molar-refractivity contribution in [1.82, 2.24) is 0 Å². The van der Waals surface area contributed by atoms with E-state index in [0.717, 1.165) is 0 Å². The lowest BCUT2D eigenvalue weighted by Crippen LogP contribution is -2.13. The summed E-state index contributed by atoms with van der Waals surface area (Å²) in [5, 5.41) is 0.293. The molecule has 20 heavy (non-hydrogen) atoms. The van der Waals surface area contributed by atoms with E-state index in [1.165, 1.54) is 19.2 Å². The smallest absolute Gasteiger partial charge is 0.263 e. The van der Waals surface area contributed by atoms with E-state index in [9.17, 15) is 8.42 Å². The third-order valence-corrected chi connectivity index (χ3v) is 5.25. The minimum atomic E-state index is -3.73. The molecular weight excluding hydrogens is 366 g/mol. The fourth-order valence-electron chi connectivity index (χ4n) is 1.57. The van der Waals surface area contributed by atoms with E-state index in [-0.39, 0.29) is 10.6 Å². The van der Waals surface area contributed by atoms with Crippen LogP contribution in [0, 0.1) is 0 Å². The topological polar surface area (TPSA) is 55.4 Å². The van der Waals surface area contributed by atoms with Crippen LogP contribution in [0.3, 0.4) is 0 Å². The molecule has 0 fully saturated rings. The summed E-state index contributed by atoms with van der Waals surface area (Å²) in [6.07, 6.45) is 0. The maximum absolute atomic E-state index is 12.3. The van der Waals surface area contributed by atoms with Crippen molar-refractivity contribution in [3.8, 4) is 5.75 Å². The fraction of sp³-hybridized carbons (Fsp3) is 0.0769. The van der Waals surface area contributed by atoms with Crippen LogP contribution in [-0.4, -0.2) is 15.5 Å². The maximum atomic E-state index is 12.3. The van der Waals surface area contributed by atoms with Crippen LogP contribution in [0.5, 0.6) is 5.75 Å². The van der Waals surface area contributed by atoms with Gasteiger partial charge in [0.05, 0.1) is 17.8 Å². The van der Waals surface area contributed by atoms with E-state index in [4.69, 9.17) is 16.3 Å². The molecule has 2 rings (SSSR count). The molecule has 0 aliphatic rings. The molecule has 0 radical (unpaired) electrons. The van der Waals surface area contributed by atoms with Gasteiger partial charge in [-0.25, -0.2) is 8.42 Å². The number of halogens is 2. The molecule has 0 saturated carbocycles. The van der Waals surface area contributed by atoms with Crippen LogP contribution in [0.15, 0.2) is 51.8 Å². The molecule has 0 unspecified atom stereocenters. The Labute approximate surface area is 130 Å². The summed E-state index contributed by atoms with van der Waals surface area (Å²) in [4.78, 5) is 0.138. The highest BCUT2D eigenvalue weighted by atomic mass is 79.9. The number of rotatable bonds is 4. The summed E-state index contributed by atoms with van der Waals surface area (Å²) in [6, 6.07) is 11.3. The van der Waals surface area contributed by atoms with E-state index in [2.05, 4.69) is 20.7 Å². The standard InChI is InChI=1S/C13H11BrClNO3S/c1-19-9-6-7-11(15)12(8-9)16-20(17,18)13-5-3-2-4-10(13)14/h2-8,16H,1H3. The molecule has 0 aliphatic carbocycles. The Balaban J connectivity index is 2.41. The lowest BCUT2D eigenvalue weighted by molar-refractivity contribution is 0.415. The van der Waals surface area contributed by atoms with Gasteiger partial charge in [0.25, 0.3) is 10.0 Å². The van der Waals surface area contributed by atoms with Crippen molar-refractivity contribution in [3.05, 3.63) is 52.0 Å². The van der Waals surface area contributed by atoms with E-state index >= 15 is 0 Å². The summed E-state index contributed by atoms with van der Waals surface area (Å²) in [5.41, 5.74) is 0.266. The molecule has 0 heterocycles. The second kappa shape index (κ2) is 6.03. The summed E-state index contributed by atoms with van der Waals surface area (Å²) in [6.45, 7) is 0. The lowest BCUT2D eigenvalue weighted by Gasteiger charge is -2.12. The van der Waals surface area contributed by atoms with Gasteiger partial charge in [-0.05, 0) is 40.2 Å². The maximum Gasteiger partial charge on any atom is 0.263 e. The predicted molar refractivity (Wildman–Crippen MR) is 83.0 cm³/mol. The average molecular weight is 377 g/mol. The SMILES string of the molecule is COc1ccc(Cl)c(NS(=O)(=O)c2ccccc2Br)c1. The van der Waals surface area contributed by atoms with Crippen LogP contribution < -0.4 is 9.46 Å². The largest absolute Gasteiger partial charge is 0.497 e. The molecule has 0 spiro atoms. The van der Waals surface area contributed by atoms with Crippen LogP contribution in [0.4, 0.5) is 5.69 Å². The van der Waals surface area contributed by atoms with Crippen molar-refractivity contribution in [2.45, 2.75) is 4.90 Å². The molecule has 2 aromatic carbocycles. The number of hydrogen-bond donors (Lipinski definition) is 1. The minimum absolute atomic E-state index is 0.138. The molecule has 0 aromatic heterocycles. The zero-order valence-corrected chi connectivity index (χ0v) is 13.6. The zero-order chi connectivity index (χ0) is 14.8. The van der Waals surface area contributed by atoms with Gasteiger partial charge in [-0.3, -0.25) is 4.72 Å². The fourth-order valence-corrected chi connectivity index (χ4v) is 3.87. The number of nitrogens with one attached hydrogen (secondary N) is 1. The zero-order valence-electron chi connectivity index (χ0n) is 10.4. The molecule has 0 aliphatic heterocycles. The Hall–Kier alpha value is -1.24. The Bertz CT molecular complexity index is 734. The summed E-state index contributed by atoms with van der Waals surface area (Å²) in [5.74, 6) is 0.513. The number of hydrogen-bond acceptors (Lipinski definition) is 3. The highest BCUT2D eigenvalue weighted by Gasteiger charge is 2.18. The van der Waals surface area contributed by atoms with Gasteiger partial charge < -0.3 is 4.74 Å². The normalized spacial score (nSPS) is 11.2. The third kappa shape index (κ3) is 3.26. The molecule has 0 amide bonds. The van der Waals surface area contributed by atoms with Gasteiger partial charge in [0, 0.05) is 10.5 Å². The number of anilines is 1. The first-order valence-corrected chi connectivity index (χ1v) is 8.20. The van der Waals surface area contributed by atoms with Crippen molar-refractivity contribution < 1.29 is 13.2 Å². The van der Waals surface area contributed by atoms with Crippen LogP contribution in [0.25, 0.3) is 0 Å². The Morgan fingerprint density at radius 2 is 1.90 bits per heavy atom. The van der Waals surface area contributed by atoms with E-state index in [1.807, 2.05) is 0 Å². The molecule has 0 saturated heterocycles.